The molecule has 0 bridgehead atoms. The summed E-state index contributed by atoms with van der Waals surface area (Å²) in [4.78, 5) is 20.0. The molecule has 1 aromatic heterocycles. The zero-order valence-electron chi connectivity index (χ0n) is 20.4. The van der Waals surface area contributed by atoms with Crippen molar-refractivity contribution < 1.29 is 18.7 Å². The number of fused-ring (bicyclic) bond motifs is 1. The second-order valence-corrected chi connectivity index (χ2v) is 8.44. The highest BCUT2D eigenvalue weighted by atomic mass is 19.1. The Morgan fingerprint density at radius 1 is 1.11 bits per heavy atom. The van der Waals surface area contributed by atoms with Gasteiger partial charge in [-0.15, -0.1) is 0 Å². The molecule has 36 heavy (non-hydrogen) atoms. The number of rotatable bonds is 7. The number of H-pyrrole nitrogens is 1. The Morgan fingerprint density at radius 2 is 1.89 bits per heavy atom. The van der Waals surface area contributed by atoms with Crippen LogP contribution in [0.5, 0.6) is 11.5 Å². The van der Waals surface area contributed by atoms with Crippen molar-refractivity contribution in [3.05, 3.63) is 82.4 Å². The van der Waals surface area contributed by atoms with Crippen LogP contribution in [0.15, 0.2) is 48.5 Å². The number of carbonyl (C=O) groups is 1. The largest absolute Gasteiger partial charge is 0.493 e. The second-order valence-electron chi connectivity index (χ2n) is 8.44. The predicted octanol–water partition coefficient (Wildman–Crippen LogP) is 5.72. The third-order valence-electron chi connectivity index (χ3n) is 5.73. The molecule has 0 atom stereocenters. The standard InChI is InChI=1S/C28H25FN4O3/c1-16-5-7-21(29)22(9-16)31-27(34)15-36-25-8-6-19(13-26(25)35-4)12-20(14-30)28-32-23-10-17(2)18(3)11-24(23)33-28/h5-13H,15H2,1-4H3,(H,31,34)(H,32,33). The van der Waals surface area contributed by atoms with Crippen LogP contribution in [0.2, 0.25) is 0 Å². The summed E-state index contributed by atoms with van der Waals surface area (Å²) >= 11 is 0. The zero-order valence-corrected chi connectivity index (χ0v) is 20.4. The smallest absolute Gasteiger partial charge is 0.262 e. The fourth-order valence-corrected chi connectivity index (χ4v) is 3.68. The van der Waals surface area contributed by atoms with Crippen molar-refractivity contribution in [2.45, 2.75) is 20.8 Å². The van der Waals surface area contributed by atoms with E-state index in [1.165, 1.54) is 13.2 Å². The van der Waals surface area contributed by atoms with Crippen molar-refractivity contribution in [1.82, 2.24) is 9.97 Å². The minimum Gasteiger partial charge on any atom is -0.493 e. The van der Waals surface area contributed by atoms with Crippen LogP contribution in [-0.4, -0.2) is 29.6 Å². The Bertz CT molecular complexity index is 1490. The summed E-state index contributed by atoms with van der Waals surface area (Å²) < 4.78 is 24.9. The van der Waals surface area contributed by atoms with Gasteiger partial charge in [0.15, 0.2) is 18.1 Å². The van der Waals surface area contributed by atoms with Crippen LogP contribution in [-0.2, 0) is 4.79 Å². The molecule has 4 aromatic rings. The van der Waals surface area contributed by atoms with Crippen LogP contribution >= 0.6 is 0 Å². The number of halogens is 1. The van der Waals surface area contributed by atoms with Gasteiger partial charge in [0.2, 0.25) is 0 Å². The Kier molecular flexibility index (Phi) is 7.02. The summed E-state index contributed by atoms with van der Waals surface area (Å²) in [6, 6.07) is 15.7. The van der Waals surface area contributed by atoms with E-state index in [1.807, 2.05) is 26.0 Å². The molecular formula is C28H25FN4O3. The lowest BCUT2D eigenvalue weighted by Gasteiger charge is -2.12. The number of benzene rings is 3. The summed E-state index contributed by atoms with van der Waals surface area (Å²) in [6.07, 6.45) is 1.69. The molecular weight excluding hydrogens is 459 g/mol. The summed E-state index contributed by atoms with van der Waals surface area (Å²) in [5.41, 5.74) is 5.88. The van der Waals surface area contributed by atoms with Crippen LogP contribution in [0.3, 0.4) is 0 Å². The lowest BCUT2D eigenvalue weighted by molar-refractivity contribution is -0.118. The van der Waals surface area contributed by atoms with Crippen molar-refractivity contribution in [3.8, 4) is 17.6 Å². The van der Waals surface area contributed by atoms with E-state index in [4.69, 9.17) is 9.47 Å². The molecule has 2 N–H and O–H groups in total. The third kappa shape index (κ3) is 5.36. The number of ether oxygens (including phenoxy) is 2. The average molecular weight is 485 g/mol. The number of methoxy groups -OCH3 is 1. The first-order chi connectivity index (χ1) is 17.3. The molecule has 0 radical (unpaired) electrons. The first-order valence-electron chi connectivity index (χ1n) is 11.2. The Morgan fingerprint density at radius 3 is 2.64 bits per heavy atom. The quantitative estimate of drug-likeness (QED) is 0.327. The molecule has 1 heterocycles. The minimum atomic E-state index is -0.523. The van der Waals surface area contributed by atoms with Crippen LogP contribution < -0.4 is 14.8 Å². The maximum atomic E-state index is 13.9. The number of carbonyl (C=O) groups excluding carboxylic acids is 1. The van der Waals surface area contributed by atoms with Crippen LogP contribution in [0.4, 0.5) is 10.1 Å². The molecule has 3 aromatic carbocycles. The SMILES string of the molecule is COc1cc(C=C(C#N)c2nc3cc(C)c(C)cc3[nH]2)ccc1OCC(=O)Nc1cc(C)ccc1F. The Balaban J connectivity index is 1.51. The number of hydrogen-bond acceptors (Lipinski definition) is 5. The molecule has 0 aliphatic carbocycles. The number of anilines is 1. The Hall–Kier alpha value is -4.64. The van der Waals surface area contributed by atoms with E-state index in [0.29, 0.717) is 28.5 Å². The van der Waals surface area contributed by atoms with E-state index in [1.54, 1.807) is 43.3 Å². The molecule has 0 aliphatic heterocycles. The molecule has 4 rings (SSSR count). The number of nitriles is 1. The molecule has 8 heteroatoms. The number of allylic oxidation sites excluding steroid dienone is 1. The highest BCUT2D eigenvalue weighted by Crippen LogP contribution is 2.30. The maximum absolute atomic E-state index is 13.9. The van der Waals surface area contributed by atoms with E-state index < -0.39 is 11.7 Å². The summed E-state index contributed by atoms with van der Waals surface area (Å²) in [5, 5.41) is 12.3. The topological polar surface area (TPSA) is 100 Å². The molecule has 182 valence electrons. The lowest BCUT2D eigenvalue weighted by atomic mass is 10.1. The molecule has 1 amide bonds. The lowest BCUT2D eigenvalue weighted by Crippen LogP contribution is -2.21. The number of nitrogens with zero attached hydrogens (tertiary/aromatic N) is 2. The first kappa shape index (κ1) is 24.5. The van der Waals surface area contributed by atoms with Gasteiger partial charge in [-0.05, 0) is 85.5 Å². The fourth-order valence-electron chi connectivity index (χ4n) is 3.68. The predicted molar refractivity (Wildman–Crippen MR) is 137 cm³/mol. The zero-order chi connectivity index (χ0) is 25.8. The molecule has 0 unspecified atom stereocenters. The number of hydrogen-bond donors (Lipinski definition) is 2. The molecule has 0 saturated carbocycles. The fraction of sp³-hybridized carbons (Fsp3) is 0.179. The van der Waals surface area contributed by atoms with E-state index in [2.05, 4.69) is 21.4 Å². The minimum absolute atomic E-state index is 0.0935. The van der Waals surface area contributed by atoms with Gasteiger partial charge < -0.3 is 19.8 Å². The summed E-state index contributed by atoms with van der Waals surface area (Å²) in [5.74, 6) is 0.157. The number of imidazole rings is 1. The number of aromatic amines is 1. The number of aryl methyl sites for hydroxylation is 3. The van der Waals surface area contributed by atoms with Gasteiger partial charge in [-0.1, -0.05) is 12.1 Å². The normalized spacial score (nSPS) is 11.3. The molecule has 0 fully saturated rings. The van der Waals surface area contributed by atoms with Gasteiger partial charge in [0.25, 0.3) is 5.91 Å². The Labute approximate surface area is 208 Å². The van der Waals surface area contributed by atoms with Crippen molar-refractivity contribution in [2.24, 2.45) is 0 Å². The van der Waals surface area contributed by atoms with Crippen LogP contribution in [0.1, 0.15) is 28.1 Å². The van der Waals surface area contributed by atoms with Crippen molar-refractivity contribution >= 4 is 34.3 Å². The van der Waals surface area contributed by atoms with Gasteiger partial charge in [-0.25, -0.2) is 9.37 Å². The van der Waals surface area contributed by atoms with Crippen molar-refractivity contribution in [1.29, 1.82) is 5.26 Å². The van der Waals surface area contributed by atoms with E-state index in [9.17, 15) is 14.4 Å². The number of amides is 1. The molecule has 0 saturated heterocycles. The van der Waals surface area contributed by atoms with Gasteiger partial charge >= 0.3 is 0 Å². The average Bonchev–Trinajstić information content (AvgIpc) is 3.26. The highest BCUT2D eigenvalue weighted by molar-refractivity contribution is 5.92. The van der Waals surface area contributed by atoms with Gasteiger partial charge in [-0.2, -0.15) is 5.26 Å². The van der Waals surface area contributed by atoms with Crippen LogP contribution in [0, 0.1) is 37.9 Å². The second kappa shape index (κ2) is 10.3. The maximum Gasteiger partial charge on any atom is 0.262 e. The van der Waals surface area contributed by atoms with E-state index in [0.717, 1.165) is 27.7 Å². The van der Waals surface area contributed by atoms with Gasteiger partial charge in [0.1, 0.15) is 17.7 Å². The van der Waals surface area contributed by atoms with E-state index >= 15 is 0 Å². The molecule has 7 nitrogen and oxygen atoms in total. The molecule has 0 spiro atoms. The number of nitrogens with one attached hydrogen (secondary N) is 2. The van der Waals surface area contributed by atoms with Gasteiger partial charge in [0, 0.05) is 0 Å². The van der Waals surface area contributed by atoms with Gasteiger partial charge in [0.05, 0.1) is 29.4 Å². The third-order valence-corrected chi connectivity index (χ3v) is 5.73. The highest BCUT2D eigenvalue weighted by Gasteiger charge is 2.13. The summed E-state index contributed by atoms with van der Waals surface area (Å²) in [7, 11) is 1.48. The first-order valence-corrected chi connectivity index (χ1v) is 11.2. The van der Waals surface area contributed by atoms with Crippen LogP contribution in [0.25, 0.3) is 22.7 Å². The monoisotopic (exact) mass is 484 g/mol. The van der Waals surface area contributed by atoms with Gasteiger partial charge in [-0.3, -0.25) is 4.79 Å². The number of aromatic nitrogens is 2. The van der Waals surface area contributed by atoms with Crippen molar-refractivity contribution in [2.75, 3.05) is 19.0 Å². The molecule has 0 aliphatic rings. The van der Waals surface area contributed by atoms with Crippen molar-refractivity contribution in [3.63, 3.8) is 0 Å². The summed E-state index contributed by atoms with van der Waals surface area (Å²) in [6.45, 7) is 5.52. The van der Waals surface area contributed by atoms with E-state index in [-0.39, 0.29) is 12.3 Å².